The highest BCUT2D eigenvalue weighted by molar-refractivity contribution is 5.52. The largest absolute Gasteiger partial charge is 0.378 e. The molecule has 1 aliphatic heterocycles. The maximum atomic E-state index is 5.69. The molecule has 3 rings (SSSR count). The molecular weight excluding hydrogens is 256 g/mol. The number of pyridine rings is 1. The standard InChI is InChI=1S/C14H18N4O2/c15-9-11-7-10(4-5-16-11)14-17-13(18-20-14)8-12-3-1-2-6-19-12/h4-5,7,12H,1-3,6,8-9,15H2. The monoisotopic (exact) mass is 274 g/mol. The lowest BCUT2D eigenvalue weighted by molar-refractivity contribution is 0.0153. The van der Waals surface area contributed by atoms with E-state index in [0.29, 0.717) is 24.7 Å². The summed E-state index contributed by atoms with van der Waals surface area (Å²) in [6.07, 6.45) is 6.04. The second-order valence-corrected chi connectivity index (χ2v) is 4.95. The zero-order valence-electron chi connectivity index (χ0n) is 11.3. The zero-order valence-corrected chi connectivity index (χ0v) is 11.3. The Labute approximate surface area is 117 Å². The van der Waals surface area contributed by atoms with Crippen LogP contribution in [0.5, 0.6) is 0 Å². The van der Waals surface area contributed by atoms with Crippen LogP contribution in [0.4, 0.5) is 0 Å². The van der Waals surface area contributed by atoms with Gasteiger partial charge in [-0.05, 0) is 31.4 Å². The third-order valence-corrected chi connectivity index (χ3v) is 3.42. The predicted molar refractivity (Wildman–Crippen MR) is 72.7 cm³/mol. The van der Waals surface area contributed by atoms with Crippen molar-refractivity contribution in [2.24, 2.45) is 5.73 Å². The van der Waals surface area contributed by atoms with Crippen LogP contribution in [0.25, 0.3) is 11.5 Å². The lowest BCUT2D eigenvalue weighted by Gasteiger charge is -2.20. The first-order chi connectivity index (χ1) is 9.85. The number of nitrogens with zero attached hydrogens (tertiary/aromatic N) is 3. The van der Waals surface area contributed by atoms with Gasteiger partial charge in [0.15, 0.2) is 5.82 Å². The first-order valence-electron chi connectivity index (χ1n) is 6.94. The van der Waals surface area contributed by atoms with Gasteiger partial charge < -0.3 is 15.0 Å². The van der Waals surface area contributed by atoms with Gasteiger partial charge in [0.25, 0.3) is 5.89 Å². The third-order valence-electron chi connectivity index (χ3n) is 3.42. The summed E-state index contributed by atoms with van der Waals surface area (Å²) in [5, 5.41) is 4.02. The van der Waals surface area contributed by atoms with E-state index in [1.165, 1.54) is 6.42 Å². The van der Waals surface area contributed by atoms with Crippen LogP contribution in [0.3, 0.4) is 0 Å². The van der Waals surface area contributed by atoms with Gasteiger partial charge in [0.1, 0.15) is 0 Å². The van der Waals surface area contributed by atoms with Crippen LogP contribution >= 0.6 is 0 Å². The maximum Gasteiger partial charge on any atom is 0.258 e. The molecule has 0 aliphatic carbocycles. The zero-order chi connectivity index (χ0) is 13.8. The molecule has 106 valence electrons. The van der Waals surface area contributed by atoms with E-state index in [1.54, 1.807) is 6.20 Å². The molecule has 1 aliphatic rings. The smallest absolute Gasteiger partial charge is 0.258 e. The van der Waals surface area contributed by atoms with E-state index in [1.807, 2.05) is 12.1 Å². The summed E-state index contributed by atoms with van der Waals surface area (Å²) in [7, 11) is 0. The van der Waals surface area contributed by atoms with Crippen LogP contribution in [0, 0.1) is 0 Å². The summed E-state index contributed by atoms with van der Waals surface area (Å²) in [4.78, 5) is 8.57. The molecule has 1 saturated heterocycles. The molecule has 0 saturated carbocycles. The highest BCUT2D eigenvalue weighted by Crippen LogP contribution is 2.20. The summed E-state index contributed by atoms with van der Waals surface area (Å²) in [6.45, 7) is 1.23. The van der Waals surface area contributed by atoms with Gasteiger partial charge >= 0.3 is 0 Å². The number of nitrogens with two attached hydrogens (primary N) is 1. The Morgan fingerprint density at radius 2 is 2.30 bits per heavy atom. The van der Waals surface area contributed by atoms with Crippen molar-refractivity contribution in [1.82, 2.24) is 15.1 Å². The number of ether oxygens (including phenoxy) is 1. The van der Waals surface area contributed by atoms with Crippen molar-refractivity contribution in [2.45, 2.75) is 38.3 Å². The Bertz CT molecular complexity index is 564. The SMILES string of the molecule is NCc1cc(-c2nc(CC3CCCCO3)no2)ccn1. The summed E-state index contributed by atoms with van der Waals surface area (Å²) in [5.41, 5.74) is 7.23. The first-order valence-corrected chi connectivity index (χ1v) is 6.94. The number of rotatable bonds is 4. The summed E-state index contributed by atoms with van der Waals surface area (Å²) in [5.74, 6) is 1.20. The molecule has 2 aromatic heterocycles. The molecule has 20 heavy (non-hydrogen) atoms. The molecule has 1 unspecified atom stereocenters. The Kier molecular flexibility index (Phi) is 4.03. The van der Waals surface area contributed by atoms with Crippen molar-refractivity contribution in [3.05, 3.63) is 29.8 Å². The number of hydrogen-bond acceptors (Lipinski definition) is 6. The Morgan fingerprint density at radius 3 is 3.10 bits per heavy atom. The fourth-order valence-electron chi connectivity index (χ4n) is 2.35. The van der Waals surface area contributed by atoms with E-state index in [4.69, 9.17) is 15.0 Å². The van der Waals surface area contributed by atoms with Crippen LogP contribution in [0.1, 0.15) is 30.8 Å². The molecule has 1 fully saturated rings. The molecule has 0 bridgehead atoms. The molecule has 6 heteroatoms. The van der Waals surface area contributed by atoms with Crippen LogP contribution in [0.15, 0.2) is 22.9 Å². The van der Waals surface area contributed by atoms with E-state index < -0.39 is 0 Å². The average Bonchev–Trinajstić information content (AvgIpc) is 2.97. The van der Waals surface area contributed by atoms with Crippen LogP contribution < -0.4 is 5.73 Å². The quantitative estimate of drug-likeness (QED) is 0.913. The minimum atomic E-state index is 0.214. The summed E-state index contributed by atoms with van der Waals surface area (Å²) < 4.78 is 11.0. The Morgan fingerprint density at radius 1 is 1.35 bits per heavy atom. The molecular formula is C14H18N4O2. The van der Waals surface area contributed by atoms with Crippen molar-refractivity contribution in [3.63, 3.8) is 0 Å². The van der Waals surface area contributed by atoms with Gasteiger partial charge in [-0.1, -0.05) is 5.16 Å². The minimum absolute atomic E-state index is 0.214. The van der Waals surface area contributed by atoms with Crippen LogP contribution in [-0.4, -0.2) is 27.8 Å². The van der Waals surface area contributed by atoms with Crippen molar-refractivity contribution >= 4 is 0 Å². The van der Waals surface area contributed by atoms with Gasteiger partial charge in [-0.15, -0.1) is 0 Å². The molecule has 0 spiro atoms. The van der Waals surface area contributed by atoms with Gasteiger partial charge in [-0.2, -0.15) is 4.98 Å². The fourth-order valence-corrected chi connectivity index (χ4v) is 2.35. The first kappa shape index (κ1) is 13.2. The summed E-state index contributed by atoms with van der Waals surface area (Å²) >= 11 is 0. The molecule has 2 N–H and O–H groups in total. The summed E-state index contributed by atoms with van der Waals surface area (Å²) in [6, 6.07) is 3.71. The highest BCUT2D eigenvalue weighted by Gasteiger charge is 2.18. The number of hydrogen-bond donors (Lipinski definition) is 1. The molecule has 6 nitrogen and oxygen atoms in total. The van der Waals surface area contributed by atoms with Gasteiger partial charge in [-0.25, -0.2) is 0 Å². The van der Waals surface area contributed by atoms with E-state index in [9.17, 15) is 0 Å². The molecule has 0 radical (unpaired) electrons. The molecule has 1 atom stereocenters. The van der Waals surface area contributed by atoms with Gasteiger partial charge in [0.2, 0.25) is 0 Å². The molecule has 2 aromatic rings. The van der Waals surface area contributed by atoms with Crippen LogP contribution in [-0.2, 0) is 17.7 Å². The van der Waals surface area contributed by atoms with E-state index in [2.05, 4.69) is 15.1 Å². The lowest BCUT2D eigenvalue weighted by Crippen LogP contribution is -2.21. The molecule has 3 heterocycles. The topological polar surface area (TPSA) is 87.1 Å². The second kappa shape index (κ2) is 6.11. The second-order valence-electron chi connectivity index (χ2n) is 4.95. The minimum Gasteiger partial charge on any atom is -0.378 e. The predicted octanol–water partition coefficient (Wildman–Crippen LogP) is 1.70. The Balaban J connectivity index is 1.72. The van der Waals surface area contributed by atoms with Gasteiger partial charge in [-0.3, -0.25) is 4.98 Å². The van der Waals surface area contributed by atoms with Crippen molar-refractivity contribution in [2.75, 3.05) is 6.61 Å². The lowest BCUT2D eigenvalue weighted by atomic mass is 10.1. The van der Waals surface area contributed by atoms with E-state index in [-0.39, 0.29) is 6.10 Å². The normalized spacial score (nSPS) is 19.1. The van der Waals surface area contributed by atoms with Gasteiger partial charge in [0.05, 0.1) is 11.8 Å². The highest BCUT2D eigenvalue weighted by atomic mass is 16.5. The molecule has 0 amide bonds. The number of aromatic nitrogens is 3. The molecule has 0 aromatic carbocycles. The Hall–Kier alpha value is -1.79. The van der Waals surface area contributed by atoms with Crippen LogP contribution in [0.2, 0.25) is 0 Å². The fraction of sp³-hybridized carbons (Fsp3) is 0.500. The average molecular weight is 274 g/mol. The third kappa shape index (κ3) is 3.02. The van der Waals surface area contributed by atoms with E-state index in [0.717, 1.165) is 30.7 Å². The van der Waals surface area contributed by atoms with Crippen molar-refractivity contribution in [3.8, 4) is 11.5 Å². The van der Waals surface area contributed by atoms with Gasteiger partial charge in [0, 0.05) is 31.3 Å². The van der Waals surface area contributed by atoms with Crippen molar-refractivity contribution in [1.29, 1.82) is 0 Å². The van der Waals surface area contributed by atoms with E-state index >= 15 is 0 Å². The maximum absolute atomic E-state index is 5.69. The van der Waals surface area contributed by atoms with Crippen molar-refractivity contribution < 1.29 is 9.26 Å².